The molecule has 6 rings (SSSR count). The van der Waals surface area contributed by atoms with Crippen LogP contribution in [0, 0.1) is 5.82 Å². The molecule has 0 unspecified atom stereocenters. The number of amides is 1. The third kappa shape index (κ3) is 3.52. The molecular formula is C22H14F3N7O3. The van der Waals surface area contributed by atoms with Crippen LogP contribution in [-0.4, -0.2) is 47.3 Å². The topological polar surface area (TPSA) is 127 Å². The van der Waals surface area contributed by atoms with Crippen molar-refractivity contribution < 1.29 is 26.8 Å². The molecule has 0 aliphatic carbocycles. The minimum absolute atomic E-state index is 0.0572. The lowest BCUT2D eigenvalue weighted by Gasteiger charge is -2.32. The molecule has 1 aliphatic heterocycles. The average Bonchev–Trinajstić information content (AvgIpc) is 3.61. The van der Waals surface area contributed by atoms with Crippen LogP contribution in [0.5, 0.6) is 0 Å². The van der Waals surface area contributed by atoms with E-state index in [0.29, 0.717) is 17.7 Å². The predicted octanol–water partition coefficient (Wildman–Crippen LogP) is 3.86. The van der Waals surface area contributed by atoms with Crippen LogP contribution in [0.4, 0.5) is 13.2 Å². The molecule has 35 heavy (non-hydrogen) atoms. The zero-order valence-electron chi connectivity index (χ0n) is 17.7. The average molecular weight is 481 g/mol. The molecule has 0 fully saturated rings. The van der Waals surface area contributed by atoms with Gasteiger partial charge in [0.05, 0.1) is 17.6 Å². The van der Waals surface area contributed by atoms with Gasteiger partial charge in [0.2, 0.25) is 17.5 Å². The Kier molecular flexibility index (Phi) is 4.83. The van der Waals surface area contributed by atoms with Crippen LogP contribution in [-0.2, 0) is 6.42 Å². The summed E-state index contributed by atoms with van der Waals surface area (Å²) < 4.78 is 52.8. The first-order chi connectivity index (χ1) is 17.0. The molecule has 176 valence electrons. The smallest absolute Gasteiger partial charge is 0.292 e. The third-order valence-electron chi connectivity index (χ3n) is 5.65. The second-order valence-corrected chi connectivity index (χ2v) is 7.74. The van der Waals surface area contributed by atoms with Crippen molar-refractivity contribution in [1.29, 1.82) is 0 Å². The Labute approximate surface area is 193 Å². The van der Waals surface area contributed by atoms with Crippen molar-refractivity contribution in [2.24, 2.45) is 0 Å². The number of aromatic nitrogens is 6. The monoisotopic (exact) mass is 481 g/mol. The summed E-state index contributed by atoms with van der Waals surface area (Å²) in [5.41, 5.74) is 1.15. The molecule has 1 aliphatic rings. The lowest BCUT2D eigenvalue weighted by atomic mass is 10.0. The summed E-state index contributed by atoms with van der Waals surface area (Å²) >= 11 is 0. The zero-order chi connectivity index (χ0) is 24.1. The summed E-state index contributed by atoms with van der Waals surface area (Å²) in [7, 11) is 0. The second-order valence-electron chi connectivity index (χ2n) is 7.74. The van der Waals surface area contributed by atoms with Gasteiger partial charge in [-0.3, -0.25) is 4.79 Å². The normalized spacial score (nSPS) is 15.7. The first-order valence-corrected chi connectivity index (χ1v) is 10.4. The van der Waals surface area contributed by atoms with Gasteiger partial charge in [-0.15, -0.1) is 0 Å². The molecule has 0 bridgehead atoms. The molecule has 1 atom stereocenters. The minimum Gasteiger partial charge on any atom is -0.438 e. The van der Waals surface area contributed by atoms with E-state index in [9.17, 15) is 18.0 Å². The first kappa shape index (κ1) is 21.0. The first-order valence-electron chi connectivity index (χ1n) is 10.4. The van der Waals surface area contributed by atoms with Crippen LogP contribution in [0.25, 0.3) is 22.6 Å². The maximum atomic E-state index is 13.9. The molecule has 5 heterocycles. The highest BCUT2D eigenvalue weighted by atomic mass is 19.3. The molecule has 1 amide bonds. The number of nitrogens with zero attached hydrogens (tertiary/aromatic N) is 6. The van der Waals surface area contributed by atoms with E-state index >= 15 is 0 Å². The summed E-state index contributed by atoms with van der Waals surface area (Å²) in [5, 5.41) is 0. The third-order valence-corrected chi connectivity index (χ3v) is 5.65. The molecule has 5 aromatic rings. The van der Waals surface area contributed by atoms with Gasteiger partial charge in [-0.05, 0) is 12.1 Å². The van der Waals surface area contributed by atoms with Gasteiger partial charge in [-0.1, -0.05) is 0 Å². The SMILES string of the molecule is O=C(c1oc(-c2cncnc2)nc1C(F)F)N1CCc2[nH]cnc2[C@H]1c1nc2cc(F)ccc2o1. The summed E-state index contributed by atoms with van der Waals surface area (Å²) in [5.74, 6) is -2.12. The number of oxazole rings is 2. The number of carbonyl (C=O) groups excluding carboxylic acids is 1. The Hall–Kier alpha value is -4.55. The second kappa shape index (κ2) is 8.04. The van der Waals surface area contributed by atoms with E-state index in [1.165, 1.54) is 48.1 Å². The van der Waals surface area contributed by atoms with E-state index in [0.717, 1.165) is 5.69 Å². The van der Waals surface area contributed by atoms with Gasteiger partial charge in [0.25, 0.3) is 12.3 Å². The van der Waals surface area contributed by atoms with Crippen molar-refractivity contribution >= 4 is 17.0 Å². The quantitative estimate of drug-likeness (QED) is 0.410. The summed E-state index contributed by atoms with van der Waals surface area (Å²) in [6.45, 7) is 0.124. The van der Waals surface area contributed by atoms with Crippen molar-refractivity contribution in [3.8, 4) is 11.5 Å². The molecule has 1 N–H and O–H groups in total. The number of hydrogen-bond donors (Lipinski definition) is 1. The van der Waals surface area contributed by atoms with Gasteiger partial charge >= 0.3 is 0 Å². The number of benzene rings is 1. The summed E-state index contributed by atoms with van der Waals surface area (Å²) in [4.78, 5) is 38.0. The van der Waals surface area contributed by atoms with Gasteiger partial charge in [0.1, 0.15) is 17.7 Å². The fourth-order valence-electron chi connectivity index (χ4n) is 4.08. The van der Waals surface area contributed by atoms with E-state index < -0.39 is 35.6 Å². The Morgan fingerprint density at radius 2 is 2.00 bits per heavy atom. The standard InChI is InChI=1S/C22H14F3N7O3/c23-11-1-2-14-13(5-11)30-21(34-14)17-15-12(28-9-29-15)3-4-32(17)22(33)18-16(19(24)25)31-20(35-18)10-6-26-8-27-7-10/h1-2,5-9,17,19H,3-4H2,(H,28,29)/t17-/m0/s1. The zero-order valence-corrected chi connectivity index (χ0v) is 17.7. The van der Waals surface area contributed by atoms with E-state index in [-0.39, 0.29) is 29.4 Å². The highest BCUT2D eigenvalue weighted by Crippen LogP contribution is 2.37. The van der Waals surface area contributed by atoms with Crippen LogP contribution in [0.3, 0.4) is 0 Å². The number of carbonyl (C=O) groups is 1. The molecule has 10 nitrogen and oxygen atoms in total. The van der Waals surface area contributed by atoms with E-state index in [1.54, 1.807) is 0 Å². The maximum absolute atomic E-state index is 13.9. The van der Waals surface area contributed by atoms with Gasteiger partial charge < -0.3 is 18.7 Å². The van der Waals surface area contributed by atoms with Crippen molar-refractivity contribution in [1.82, 2.24) is 34.8 Å². The number of nitrogens with one attached hydrogen (secondary N) is 1. The van der Waals surface area contributed by atoms with Gasteiger partial charge in [-0.2, -0.15) is 0 Å². The van der Waals surface area contributed by atoms with Crippen molar-refractivity contribution in [2.75, 3.05) is 6.54 Å². The van der Waals surface area contributed by atoms with Crippen molar-refractivity contribution in [3.05, 3.63) is 77.8 Å². The maximum Gasteiger partial charge on any atom is 0.292 e. The number of alkyl halides is 2. The van der Waals surface area contributed by atoms with Crippen LogP contribution in [0.1, 0.15) is 46.0 Å². The lowest BCUT2D eigenvalue weighted by Crippen LogP contribution is -2.41. The highest BCUT2D eigenvalue weighted by Gasteiger charge is 2.41. The van der Waals surface area contributed by atoms with Crippen LogP contribution >= 0.6 is 0 Å². The number of hydrogen-bond acceptors (Lipinski definition) is 8. The molecular weight excluding hydrogens is 467 g/mol. The van der Waals surface area contributed by atoms with Crippen molar-refractivity contribution in [2.45, 2.75) is 18.9 Å². The summed E-state index contributed by atoms with van der Waals surface area (Å²) in [6.07, 6.45) is 2.69. The molecule has 0 radical (unpaired) electrons. The largest absolute Gasteiger partial charge is 0.438 e. The molecule has 1 aromatic carbocycles. The number of halogens is 3. The van der Waals surface area contributed by atoms with Crippen molar-refractivity contribution in [3.63, 3.8) is 0 Å². The van der Waals surface area contributed by atoms with E-state index in [1.807, 2.05) is 0 Å². The minimum atomic E-state index is -3.08. The molecule has 0 saturated heterocycles. The number of aromatic amines is 1. The molecule has 0 saturated carbocycles. The van der Waals surface area contributed by atoms with Crippen LogP contribution < -0.4 is 0 Å². The van der Waals surface area contributed by atoms with Crippen LogP contribution in [0.2, 0.25) is 0 Å². The fourth-order valence-corrected chi connectivity index (χ4v) is 4.08. The fraction of sp³-hybridized carbons (Fsp3) is 0.182. The summed E-state index contributed by atoms with van der Waals surface area (Å²) in [6, 6.07) is 2.87. The highest BCUT2D eigenvalue weighted by molar-refractivity contribution is 5.93. The van der Waals surface area contributed by atoms with E-state index in [4.69, 9.17) is 8.83 Å². The number of rotatable bonds is 4. The van der Waals surface area contributed by atoms with Gasteiger partial charge in [-0.25, -0.2) is 38.1 Å². The molecule has 13 heteroatoms. The molecule has 0 spiro atoms. The Bertz CT molecular complexity index is 1550. The number of H-pyrrole nitrogens is 1. The number of imidazole rings is 1. The van der Waals surface area contributed by atoms with Gasteiger partial charge in [0, 0.05) is 37.1 Å². The lowest BCUT2D eigenvalue weighted by molar-refractivity contribution is 0.0621. The predicted molar refractivity (Wildman–Crippen MR) is 112 cm³/mol. The Morgan fingerprint density at radius 3 is 2.80 bits per heavy atom. The Morgan fingerprint density at radius 1 is 1.17 bits per heavy atom. The number of fused-ring (bicyclic) bond motifs is 2. The van der Waals surface area contributed by atoms with E-state index in [2.05, 4.69) is 29.9 Å². The molecule has 4 aromatic heterocycles. The van der Waals surface area contributed by atoms with Crippen LogP contribution in [0.15, 0.2) is 52.1 Å². The Balaban J connectivity index is 1.45. The van der Waals surface area contributed by atoms with Gasteiger partial charge in [0.15, 0.2) is 17.3 Å².